The van der Waals surface area contributed by atoms with Gasteiger partial charge in [0.05, 0.1) is 30.9 Å². The van der Waals surface area contributed by atoms with Crippen molar-refractivity contribution in [2.24, 2.45) is 0 Å². The van der Waals surface area contributed by atoms with E-state index in [1.54, 1.807) is 14.2 Å². The summed E-state index contributed by atoms with van der Waals surface area (Å²) in [4.78, 5) is 5.34. The molecule has 0 aliphatic heterocycles. The molecule has 0 saturated carbocycles. The van der Waals surface area contributed by atoms with Gasteiger partial charge in [-0.05, 0) is 12.1 Å². The fourth-order valence-electron chi connectivity index (χ4n) is 1.64. The van der Waals surface area contributed by atoms with Gasteiger partial charge in [0.1, 0.15) is 10.8 Å². The van der Waals surface area contributed by atoms with Crippen LogP contribution in [0.15, 0.2) is 24.3 Å². The van der Waals surface area contributed by atoms with Crippen LogP contribution in [0.1, 0.15) is 10.6 Å². The third-order valence-electron chi connectivity index (χ3n) is 2.52. The molecular weight excluding hydrogens is 250 g/mol. The molecule has 0 radical (unpaired) electrons. The fourth-order valence-corrected chi connectivity index (χ4v) is 2.56. The Kier molecular flexibility index (Phi) is 4.30. The van der Waals surface area contributed by atoms with Gasteiger partial charge in [-0.3, -0.25) is 0 Å². The van der Waals surface area contributed by atoms with Crippen LogP contribution in [-0.2, 0) is 18.0 Å². The lowest BCUT2D eigenvalue weighted by molar-refractivity contribution is 0.179. The highest BCUT2D eigenvalue weighted by atomic mass is 32.1. The molecule has 0 atom stereocenters. The predicted octanol–water partition coefficient (Wildman–Crippen LogP) is 2.46. The SMILES string of the molecule is COCc1nc(-c2cccc(OC)c2)sc1CO. The number of methoxy groups -OCH3 is 2. The molecule has 5 heteroatoms. The number of ether oxygens (including phenoxy) is 2. The Morgan fingerprint density at radius 1 is 1.33 bits per heavy atom. The van der Waals surface area contributed by atoms with Crippen LogP contribution < -0.4 is 4.74 Å². The van der Waals surface area contributed by atoms with Crippen molar-refractivity contribution in [3.63, 3.8) is 0 Å². The molecule has 0 saturated heterocycles. The van der Waals surface area contributed by atoms with Gasteiger partial charge in [0.15, 0.2) is 0 Å². The summed E-state index contributed by atoms with van der Waals surface area (Å²) in [5.41, 5.74) is 1.78. The van der Waals surface area contributed by atoms with Gasteiger partial charge in [0.2, 0.25) is 0 Å². The zero-order chi connectivity index (χ0) is 13.0. The van der Waals surface area contributed by atoms with E-state index in [0.29, 0.717) is 6.61 Å². The minimum Gasteiger partial charge on any atom is -0.497 e. The summed E-state index contributed by atoms with van der Waals surface area (Å²) in [7, 11) is 3.25. The molecule has 1 aromatic carbocycles. The molecular formula is C13H15NO3S. The van der Waals surface area contributed by atoms with E-state index in [0.717, 1.165) is 26.9 Å². The fraction of sp³-hybridized carbons (Fsp3) is 0.308. The lowest BCUT2D eigenvalue weighted by Gasteiger charge is -2.01. The number of thiazole rings is 1. The van der Waals surface area contributed by atoms with E-state index in [-0.39, 0.29) is 6.61 Å². The third kappa shape index (κ3) is 2.69. The van der Waals surface area contributed by atoms with Crippen LogP contribution in [0.3, 0.4) is 0 Å². The number of nitrogens with zero attached hydrogens (tertiary/aromatic N) is 1. The molecule has 0 bridgehead atoms. The van der Waals surface area contributed by atoms with Crippen LogP contribution in [0.2, 0.25) is 0 Å². The van der Waals surface area contributed by atoms with E-state index >= 15 is 0 Å². The normalized spacial score (nSPS) is 10.6. The molecule has 0 aliphatic rings. The first kappa shape index (κ1) is 13.0. The van der Waals surface area contributed by atoms with Gasteiger partial charge in [0.25, 0.3) is 0 Å². The molecule has 2 rings (SSSR count). The Balaban J connectivity index is 2.37. The quantitative estimate of drug-likeness (QED) is 0.902. The zero-order valence-electron chi connectivity index (χ0n) is 10.3. The van der Waals surface area contributed by atoms with Crippen molar-refractivity contribution in [1.29, 1.82) is 0 Å². The molecule has 0 unspecified atom stereocenters. The Hall–Kier alpha value is -1.43. The van der Waals surface area contributed by atoms with Crippen molar-refractivity contribution >= 4 is 11.3 Å². The van der Waals surface area contributed by atoms with E-state index < -0.39 is 0 Å². The molecule has 0 aliphatic carbocycles. The van der Waals surface area contributed by atoms with Crippen LogP contribution in [-0.4, -0.2) is 24.3 Å². The van der Waals surface area contributed by atoms with Crippen molar-refractivity contribution in [3.05, 3.63) is 34.8 Å². The smallest absolute Gasteiger partial charge is 0.124 e. The molecule has 0 amide bonds. The number of rotatable bonds is 5. The second-order valence-corrected chi connectivity index (χ2v) is 4.80. The van der Waals surface area contributed by atoms with E-state index in [1.165, 1.54) is 11.3 Å². The Morgan fingerprint density at radius 3 is 2.83 bits per heavy atom. The highest BCUT2D eigenvalue weighted by Gasteiger charge is 2.12. The Bertz CT molecular complexity index is 525. The van der Waals surface area contributed by atoms with Crippen molar-refractivity contribution in [2.75, 3.05) is 14.2 Å². The molecule has 1 heterocycles. The number of aromatic nitrogens is 1. The molecule has 4 nitrogen and oxygen atoms in total. The summed E-state index contributed by atoms with van der Waals surface area (Å²) in [5.74, 6) is 0.793. The first-order valence-corrected chi connectivity index (χ1v) is 6.33. The van der Waals surface area contributed by atoms with Crippen LogP contribution in [0.4, 0.5) is 0 Å². The maximum atomic E-state index is 9.30. The van der Waals surface area contributed by atoms with Crippen LogP contribution >= 0.6 is 11.3 Å². The average molecular weight is 265 g/mol. The van der Waals surface area contributed by atoms with Crippen LogP contribution in [0, 0.1) is 0 Å². The van der Waals surface area contributed by atoms with Crippen molar-refractivity contribution in [1.82, 2.24) is 4.98 Å². The maximum Gasteiger partial charge on any atom is 0.124 e. The Labute approximate surface area is 110 Å². The largest absolute Gasteiger partial charge is 0.497 e. The number of benzene rings is 1. The Morgan fingerprint density at radius 2 is 2.17 bits per heavy atom. The van der Waals surface area contributed by atoms with Crippen molar-refractivity contribution in [2.45, 2.75) is 13.2 Å². The monoisotopic (exact) mass is 265 g/mol. The summed E-state index contributed by atoms with van der Waals surface area (Å²) in [5, 5.41) is 10.2. The summed E-state index contributed by atoms with van der Waals surface area (Å²) in [6.07, 6.45) is 0. The van der Waals surface area contributed by atoms with Gasteiger partial charge in [-0.15, -0.1) is 11.3 Å². The molecule has 18 heavy (non-hydrogen) atoms. The second-order valence-electron chi connectivity index (χ2n) is 3.71. The number of aliphatic hydroxyl groups is 1. The van der Waals surface area contributed by atoms with Crippen molar-refractivity contribution in [3.8, 4) is 16.3 Å². The average Bonchev–Trinajstić information content (AvgIpc) is 2.82. The molecule has 1 N–H and O–H groups in total. The first-order chi connectivity index (χ1) is 8.78. The van der Waals surface area contributed by atoms with Gasteiger partial charge in [-0.2, -0.15) is 0 Å². The first-order valence-electron chi connectivity index (χ1n) is 5.51. The van der Waals surface area contributed by atoms with E-state index in [1.807, 2.05) is 24.3 Å². The molecule has 96 valence electrons. The predicted molar refractivity (Wildman–Crippen MR) is 70.7 cm³/mol. The zero-order valence-corrected chi connectivity index (χ0v) is 11.2. The van der Waals surface area contributed by atoms with E-state index in [2.05, 4.69) is 4.98 Å². The number of aliphatic hydroxyl groups excluding tert-OH is 1. The van der Waals surface area contributed by atoms with Gasteiger partial charge in [-0.25, -0.2) is 4.98 Å². The summed E-state index contributed by atoms with van der Waals surface area (Å²) in [6, 6.07) is 7.71. The van der Waals surface area contributed by atoms with Gasteiger partial charge in [0, 0.05) is 12.7 Å². The molecule has 0 spiro atoms. The van der Waals surface area contributed by atoms with Gasteiger partial charge < -0.3 is 14.6 Å². The van der Waals surface area contributed by atoms with E-state index in [4.69, 9.17) is 9.47 Å². The lowest BCUT2D eigenvalue weighted by Crippen LogP contribution is -1.92. The lowest BCUT2D eigenvalue weighted by atomic mass is 10.2. The van der Waals surface area contributed by atoms with Crippen LogP contribution in [0.25, 0.3) is 10.6 Å². The number of hydrogen-bond donors (Lipinski definition) is 1. The minimum atomic E-state index is -0.0136. The molecule has 2 aromatic rings. The summed E-state index contributed by atoms with van der Waals surface area (Å²) < 4.78 is 10.3. The highest BCUT2D eigenvalue weighted by Crippen LogP contribution is 2.30. The standard InChI is InChI=1S/C13H15NO3S/c1-16-8-11-12(7-15)18-13(14-11)9-4-3-5-10(6-9)17-2/h3-6,15H,7-8H2,1-2H3. The highest BCUT2D eigenvalue weighted by molar-refractivity contribution is 7.15. The van der Waals surface area contributed by atoms with Crippen molar-refractivity contribution < 1.29 is 14.6 Å². The summed E-state index contributed by atoms with van der Waals surface area (Å²) in [6.45, 7) is 0.399. The minimum absolute atomic E-state index is 0.0136. The maximum absolute atomic E-state index is 9.30. The summed E-state index contributed by atoms with van der Waals surface area (Å²) >= 11 is 1.48. The topological polar surface area (TPSA) is 51.6 Å². The number of hydrogen-bond acceptors (Lipinski definition) is 5. The van der Waals surface area contributed by atoms with Crippen LogP contribution in [0.5, 0.6) is 5.75 Å². The van der Waals surface area contributed by atoms with Gasteiger partial charge >= 0.3 is 0 Å². The van der Waals surface area contributed by atoms with E-state index in [9.17, 15) is 5.11 Å². The molecule has 0 fully saturated rings. The van der Waals surface area contributed by atoms with Gasteiger partial charge in [-0.1, -0.05) is 12.1 Å². The third-order valence-corrected chi connectivity index (χ3v) is 3.65. The second kappa shape index (κ2) is 5.95. The molecule has 1 aromatic heterocycles.